The zero-order valence-corrected chi connectivity index (χ0v) is 20.0. The summed E-state index contributed by atoms with van der Waals surface area (Å²) in [5, 5.41) is 3.56. The second kappa shape index (κ2) is 8.81. The van der Waals surface area contributed by atoms with E-state index in [0.717, 1.165) is 24.2 Å². The van der Waals surface area contributed by atoms with Gasteiger partial charge < -0.3 is 10.1 Å². The summed E-state index contributed by atoms with van der Waals surface area (Å²) in [5.41, 5.74) is 1.50. The van der Waals surface area contributed by atoms with Crippen LogP contribution in [0.2, 0.25) is 0 Å². The molecule has 0 amide bonds. The number of hydrogen-bond acceptors (Lipinski definition) is 5. The summed E-state index contributed by atoms with van der Waals surface area (Å²) >= 11 is 0. The van der Waals surface area contributed by atoms with Crippen LogP contribution < -0.4 is 15.6 Å². The molecule has 1 saturated heterocycles. The van der Waals surface area contributed by atoms with Gasteiger partial charge in [-0.15, -0.1) is 0 Å². The lowest BCUT2D eigenvalue weighted by Gasteiger charge is -2.28. The van der Waals surface area contributed by atoms with Gasteiger partial charge in [-0.2, -0.15) is 0 Å². The van der Waals surface area contributed by atoms with E-state index in [9.17, 15) is 13.6 Å². The molecule has 1 atom stereocenters. The second-order valence-corrected chi connectivity index (χ2v) is 9.07. The summed E-state index contributed by atoms with van der Waals surface area (Å²) < 4.78 is 35.5. The van der Waals surface area contributed by atoms with Gasteiger partial charge in [-0.3, -0.25) is 14.3 Å². The van der Waals surface area contributed by atoms with Gasteiger partial charge in [0.25, 0.3) is 5.56 Å². The normalized spacial score (nSPS) is 17.3. The van der Waals surface area contributed by atoms with Gasteiger partial charge in [0.2, 0.25) is 0 Å². The van der Waals surface area contributed by atoms with Gasteiger partial charge in [-0.25, -0.2) is 18.6 Å². The number of nitrogens with one attached hydrogen (secondary N) is 1. The Kier molecular flexibility index (Phi) is 5.77. The van der Waals surface area contributed by atoms with Crippen molar-refractivity contribution in [3.8, 4) is 22.6 Å². The van der Waals surface area contributed by atoms with E-state index in [0.29, 0.717) is 35.4 Å². The van der Waals surface area contributed by atoms with Crippen LogP contribution in [0.1, 0.15) is 31.3 Å². The Balaban J connectivity index is 1.91. The molecule has 2 aromatic heterocycles. The smallest absolute Gasteiger partial charge is 0.264 e. The van der Waals surface area contributed by atoms with E-state index in [1.165, 1.54) is 17.7 Å². The molecule has 1 aliphatic rings. The Labute approximate surface area is 206 Å². The van der Waals surface area contributed by atoms with Crippen LogP contribution in [0.5, 0.6) is 5.75 Å². The highest BCUT2D eigenvalue weighted by atomic mass is 19.1. The maximum absolute atomic E-state index is 14.7. The monoisotopic (exact) mass is 487 g/mol. The predicted molar refractivity (Wildman–Crippen MR) is 133 cm³/mol. The molecule has 0 bridgehead atoms. The van der Waals surface area contributed by atoms with Gasteiger partial charge in [0, 0.05) is 29.6 Å². The molecule has 3 heterocycles. The molecular formula is C27H23F2N5O2. The molecule has 0 aliphatic carbocycles. The van der Waals surface area contributed by atoms with Crippen LogP contribution in [0.25, 0.3) is 32.6 Å². The Hall–Kier alpha value is -4.16. The van der Waals surface area contributed by atoms with E-state index >= 15 is 0 Å². The van der Waals surface area contributed by atoms with E-state index in [1.807, 2.05) is 26.0 Å². The largest absolute Gasteiger partial charge is 0.491 e. The number of fused-ring (bicyclic) bond motifs is 1. The van der Waals surface area contributed by atoms with Crippen LogP contribution in [0.4, 0.5) is 14.5 Å². The van der Waals surface area contributed by atoms with Crippen molar-refractivity contribution < 1.29 is 13.5 Å². The van der Waals surface area contributed by atoms with Gasteiger partial charge in [0.15, 0.2) is 23.1 Å². The highest BCUT2D eigenvalue weighted by Gasteiger charge is 2.36. The van der Waals surface area contributed by atoms with Gasteiger partial charge >= 0.3 is 0 Å². The van der Waals surface area contributed by atoms with Crippen molar-refractivity contribution >= 4 is 16.6 Å². The third kappa shape index (κ3) is 3.80. The van der Waals surface area contributed by atoms with Crippen molar-refractivity contribution in [3.05, 3.63) is 87.5 Å². The van der Waals surface area contributed by atoms with E-state index in [4.69, 9.17) is 16.3 Å². The summed E-state index contributed by atoms with van der Waals surface area (Å²) in [5.74, 6) is -2.07. The third-order valence-electron chi connectivity index (χ3n) is 6.62. The first-order valence-electron chi connectivity index (χ1n) is 11.5. The lowest BCUT2D eigenvalue weighted by molar-refractivity contribution is 0.359. The molecule has 0 radical (unpaired) electrons. The Morgan fingerprint density at radius 1 is 1.19 bits per heavy atom. The Bertz CT molecular complexity index is 1580. The van der Waals surface area contributed by atoms with Gasteiger partial charge in [0.1, 0.15) is 5.82 Å². The van der Waals surface area contributed by atoms with Crippen LogP contribution in [0.15, 0.2) is 47.4 Å². The van der Waals surface area contributed by atoms with Crippen molar-refractivity contribution in [1.82, 2.24) is 19.9 Å². The van der Waals surface area contributed by atoms with E-state index in [2.05, 4.69) is 15.1 Å². The van der Waals surface area contributed by atoms with Crippen LogP contribution in [-0.4, -0.2) is 28.2 Å². The molecule has 7 nitrogen and oxygen atoms in total. The number of nitrogens with zero attached hydrogens (tertiary/aromatic N) is 4. The lowest BCUT2D eigenvalue weighted by atomic mass is 9.97. The maximum Gasteiger partial charge on any atom is 0.264 e. The first-order chi connectivity index (χ1) is 17.3. The van der Waals surface area contributed by atoms with E-state index < -0.39 is 28.5 Å². The summed E-state index contributed by atoms with van der Waals surface area (Å²) in [7, 11) is 1.17. The standard InChI is InChI=1S/C27H23F2N5O2/c1-15-6-7-16(14-31-15)19-10-17(30-3)11-20-23(19)33-26(27(2)8-5-9-32-27)34(25(20)35)18-12-21(28)24(36-4)22(29)13-18/h6-7,10-14,32H,5,8-9H2,1-2,4H3/t27-/m0/s1. The van der Waals surface area contributed by atoms with Crippen LogP contribution in [-0.2, 0) is 5.54 Å². The first-order valence-corrected chi connectivity index (χ1v) is 11.5. The molecule has 1 aliphatic heterocycles. The lowest BCUT2D eigenvalue weighted by Crippen LogP contribution is -2.40. The molecule has 5 rings (SSSR count). The fourth-order valence-corrected chi connectivity index (χ4v) is 4.75. The maximum atomic E-state index is 14.7. The van der Waals surface area contributed by atoms with E-state index in [1.54, 1.807) is 12.3 Å². The summed E-state index contributed by atoms with van der Waals surface area (Å²) in [6.45, 7) is 12.1. The SMILES string of the molecule is [C-]#[N+]c1cc(-c2ccc(C)nc2)c2nc([C@]3(C)CCCN3)n(-c3cc(F)c(OC)c(F)c3)c(=O)c2c1. The molecule has 0 saturated carbocycles. The second-order valence-electron chi connectivity index (χ2n) is 9.07. The first kappa shape index (κ1) is 23.6. The number of ether oxygens (including phenoxy) is 1. The molecule has 0 unspecified atom stereocenters. The molecule has 1 fully saturated rings. The fraction of sp³-hybridized carbons (Fsp3) is 0.259. The van der Waals surface area contributed by atoms with Crippen LogP contribution in [0, 0.1) is 25.1 Å². The predicted octanol–water partition coefficient (Wildman–Crippen LogP) is 5.19. The van der Waals surface area contributed by atoms with Crippen LogP contribution in [0.3, 0.4) is 0 Å². The number of aromatic nitrogens is 3. The van der Waals surface area contributed by atoms with E-state index in [-0.39, 0.29) is 16.8 Å². The highest BCUT2D eigenvalue weighted by molar-refractivity contribution is 5.96. The molecule has 0 spiro atoms. The van der Waals surface area contributed by atoms with Crippen molar-refractivity contribution in [3.63, 3.8) is 0 Å². The molecule has 2 aromatic carbocycles. The van der Waals surface area contributed by atoms with Crippen LogP contribution >= 0.6 is 0 Å². The average molecular weight is 488 g/mol. The molecular weight excluding hydrogens is 464 g/mol. The zero-order chi connectivity index (χ0) is 25.6. The third-order valence-corrected chi connectivity index (χ3v) is 6.62. The van der Waals surface area contributed by atoms with Crippen molar-refractivity contribution in [1.29, 1.82) is 0 Å². The summed E-state index contributed by atoms with van der Waals surface area (Å²) in [6, 6.07) is 8.96. The molecule has 9 heteroatoms. The van der Waals surface area contributed by atoms with Crippen molar-refractivity contribution in [2.24, 2.45) is 0 Å². The average Bonchev–Trinajstić information content (AvgIpc) is 3.31. The quantitative estimate of drug-likeness (QED) is 0.401. The molecule has 36 heavy (non-hydrogen) atoms. The topological polar surface area (TPSA) is 73.4 Å². The fourth-order valence-electron chi connectivity index (χ4n) is 4.75. The number of rotatable bonds is 4. The molecule has 182 valence electrons. The highest BCUT2D eigenvalue weighted by Crippen LogP contribution is 2.36. The van der Waals surface area contributed by atoms with Crippen molar-refractivity contribution in [2.75, 3.05) is 13.7 Å². The minimum atomic E-state index is -0.934. The number of halogens is 2. The number of hydrogen-bond donors (Lipinski definition) is 1. The van der Waals surface area contributed by atoms with Gasteiger partial charge in [0.05, 0.1) is 35.8 Å². The minimum Gasteiger partial charge on any atom is -0.491 e. The number of pyridine rings is 1. The van der Waals surface area contributed by atoms with Gasteiger partial charge in [-0.05, 0) is 57.0 Å². The molecule has 4 aromatic rings. The Morgan fingerprint density at radius 3 is 2.53 bits per heavy atom. The minimum absolute atomic E-state index is 0.0121. The Morgan fingerprint density at radius 2 is 1.94 bits per heavy atom. The van der Waals surface area contributed by atoms with Gasteiger partial charge in [-0.1, -0.05) is 6.07 Å². The van der Waals surface area contributed by atoms with Crippen molar-refractivity contribution in [2.45, 2.75) is 32.2 Å². The molecule has 1 N–H and O–H groups in total. The number of benzene rings is 2. The summed E-state index contributed by atoms with van der Waals surface area (Å²) in [6.07, 6.45) is 3.20. The number of methoxy groups -OCH3 is 1. The zero-order valence-electron chi connectivity index (χ0n) is 20.0. The number of aryl methyl sites for hydroxylation is 1. The summed E-state index contributed by atoms with van der Waals surface area (Å²) in [4.78, 5) is 26.9.